The number of carbonyl (C=O) groups is 1. The summed E-state index contributed by atoms with van der Waals surface area (Å²) in [7, 11) is 1.87. The molecule has 0 saturated carbocycles. The molecule has 0 saturated heterocycles. The molecule has 0 heterocycles. The van der Waals surface area contributed by atoms with Gasteiger partial charge in [0.25, 0.3) is 5.76 Å². The van der Waals surface area contributed by atoms with E-state index >= 15 is 0 Å². The zero-order chi connectivity index (χ0) is 16.7. The van der Waals surface area contributed by atoms with Crippen LogP contribution in [0.2, 0.25) is 0 Å². The second kappa shape index (κ2) is 8.64. The Hall–Kier alpha value is -1.92. The first-order valence-electron chi connectivity index (χ1n) is 7.10. The predicted molar refractivity (Wildman–Crippen MR) is 89.7 cm³/mol. The lowest BCUT2D eigenvalue weighted by Gasteiger charge is -2.16. The molecule has 3 nitrogen and oxygen atoms in total. The Morgan fingerprint density at radius 1 is 1.13 bits per heavy atom. The van der Waals surface area contributed by atoms with Crippen molar-refractivity contribution in [2.24, 2.45) is 0 Å². The molecular weight excluding hydrogens is 318 g/mol. The fourth-order valence-electron chi connectivity index (χ4n) is 2.12. The lowest BCUT2D eigenvalue weighted by molar-refractivity contribution is -0.117. The van der Waals surface area contributed by atoms with Crippen molar-refractivity contribution in [2.75, 3.05) is 18.9 Å². The average Bonchev–Trinajstić information content (AvgIpc) is 2.49. The summed E-state index contributed by atoms with van der Waals surface area (Å²) in [5.41, 5.74) is 1.73. The molecule has 0 aromatic heterocycles. The van der Waals surface area contributed by atoms with Gasteiger partial charge < -0.3 is 5.32 Å². The predicted octanol–water partition coefficient (Wildman–Crippen LogP) is 4.07. The normalized spacial score (nSPS) is 11.0. The molecular formula is C17H18F2N2OS. The summed E-state index contributed by atoms with van der Waals surface area (Å²) < 4.78 is 24.5. The molecule has 2 aromatic carbocycles. The fourth-order valence-corrected chi connectivity index (χ4v) is 2.62. The molecule has 2 rings (SSSR count). The third-order valence-corrected chi connectivity index (χ3v) is 3.79. The van der Waals surface area contributed by atoms with Gasteiger partial charge in [0.15, 0.2) is 0 Å². The summed E-state index contributed by atoms with van der Waals surface area (Å²) in [6, 6.07) is 16.3. The van der Waals surface area contributed by atoms with Crippen molar-refractivity contribution in [3.05, 3.63) is 60.2 Å². The number of halogens is 2. The van der Waals surface area contributed by atoms with E-state index in [1.807, 2.05) is 42.3 Å². The number of anilines is 1. The van der Waals surface area contributed by atoms with Crippen LogP contribution in [0.1, 0.15) is 5.56 Å². The number of nitrogens with zero attached hydrogens (tertiary/aromatic N) is 1. The van der Waals surface area contributed by atoms with Crippen LogP contribution in [0.5, 0.6) is 0 Å². The lowest BCUT2D eigenvalue weighted by Crippen LogP contribution is -2.29. The van der Waals surface area contributed by atoms with Crippen LogP contribution in [0, 0.1) is 0 Å². The van der Waals surface area contributed by atoms with Crippen LogP contribution >= 0.6 is 11.8 Å². The summed E-state index contributed by atoms with van der Waals surface area (Å²) in [6.45, 7) is 0.931. The Kier molecular flexibility index (Phi) is 6.55. The van der Waals surface area contributed by atoms with E-state index in [0.29, 0.717) is 28.9 Å². The van der Waals surface area contributed by atoms with Crippen LogP contribution < -0.4 is 5.32 Å². The molecule has 0 aliphatic rings. The second-order valence-corrected chi connectivity index (χ2v) is 6.17. The molecule has 122 valence electrons. The molecule has 0 bridgehead atoms. The molecule has 0 aliphatic heterocycles. The quantitative estimate of drug-likeness (QED) is 0.774. The fraction of sp³-hybridized carbons (Fsp3) is 0.235. The maximum absolute atomic E-state index is 12.2. The molecule has 0 aliphatic carbocycles. The summed E-state index contributed by atoms with van der Waals surface area (Å²) in [4.78, 5) is 14.4. The summed E-state index contributed by atoms with van der Waals surface area (Å²) in [5.74, 6) is -2.58. The maximum Gasteiger partial charge on any atom is 0.288 e. The molecule has 1 N–H and O–H groups in total. The largest absolute Gasteiger partial charge is 0.325 e. The number of benzene rings is 2. The zero-order valence-electron chi connectivity index (χ0n) is 12.7. The van der Waals surface area contributed by atoms with Crippen LogP contribution in [-0.2, 0) is 11.3 Å². The third-order valence-electron chi connectivity index (χ3n) is 3.07. The molecule has 2 aromatic rings. The first kappa shape index (κ1) is 17.4. The van der Waals surface area contributed by atoms with Gasteiger partial charge in [-0.15, -0.1) is 0 Å². The van der Waals surface area contributed by atoms with E-state index < -0.39 is 5.76 Å². The van der Waals surface area contributed by atoms with Crippen LogP contribution in [0.4, 0.5) is 14.5 Å². The van der Waals surface area contributed by atoms with Gasteiger partial charge >= 0.3 is 0 Å². The van der Waals surface area contributed by atoms with Crippen molar-refractivity contribution in [3.8, 4) is 0 Å². The summed E-state index contributed by atoms with van der Waals surface area (Å²) in [5, 5.41) is 2.76. The van der Waals surface area contributed by atoms with Gasteiger partial charge in [-0.3, -0.25) is 9.69 Å². The van der Waals surface area contributed by atoms with E-state index in [4.69, 9.17) is 0 Å². The van der Waals surface area contributed by atoms with Gasteiger partial charge in [-0.1, -0.05) is 42.1 Å². The molecule has 0 radical (unpaired) electrons. The number of amides is 1. The number of nitrogens with one attached hydrogen (secondary N) is 1. The Morgan fingerprint density at radius 3 is 2.39 bits per heavy atom. The second-order valence-electron chi connectivity index (χ2n) is 5.11. The first-order valence-corrected chi connectivity index (χ1v) is 7.98. The highest BCUT2D eigenvalue weighted by Crippen LogP contribution is 2.26. The van der Waals surface area contributed by atoms with Crippen molar-refractivity contribution in [2.45, 2.75) is 17.2 Å². The Bertz CT molecular complexity index is 620. The van der Waals surface area contributed by atoms with Gasteiger partial charge in [0, 0.05) is 17.1 Å². The molecule has 0 spiro atoms. The van der Waals surface area contributed by atoms with Crippen molar-refractivity contribution in [1.29, 1.82) is 0 Å². The van der Waals surface area contributed by atoms with Gasteiger partial charge in [0.1, 0.15) is 0 Å². The third kappa shape index (κ3) is 6.38. The number of rotatable bonds is 7. The van der Waals surface area contributed by atoms with Gasteiger partial charge in [0.2, 0.25) is 5.91 Å². The van der Waals surface area contributed by atoms with Crippen LogP contribution in [-0.4, -0.2) is 30.2 Å². The smallest absolute Gasteiger partial charge is 0.288 e. The van der Waals surface area contributed by atoms with Crippen molar-refractivity contribution in [3.63, 3.8) is 0 Å². The van der Waals surface area contributed by atoms with Crippen LogP contribution in [0.15, 0.2) is 59.5 Å². The topological polar surface area (TPSA) is 32.3 Å². The highest BCUT2D eigenvalue weighted by atomic mass is 32.2. The number of thioether (sulfide) groups is 1. The number of hydrogen-bond acceptors (Lipinski definition) is 3. The Morgan fingerprint density at radius 2 is 1.78 bits per heavy atom. The number of likely N-dealkylation sites (N-methyl/N-ethyl adjacent to an activating group) is 1. The van der Waals surface area contributed by atoms with E-state index in [1.165, 1.54) is 0 Å². The Labute approximate surface area is 138 Å². The molecule has 23 heavy (non-hydrogen) atoms. The zero-order valence-corrected chi connectivity index (χ0v) is 13.5. The van der Waals surface area contributed by atoms with Crippen LogP contribution in [0.25, 0.3) is 0 Å². The monoisotopic (exact) mass is 336 g/mol. The highest BCUT2D eigenvalue weighted by molar-refractivity contribution is 7.99. The molecule has 0 fully saturated rings. The van der Waals surface area contributed by atoms with E-state index in [1.54, 1.807) is 24.3 Å². The average molecular weight is 336 g/mol. The van der Waals surface area contributed by atoms with E-state index in [2.05, 4.69) is 5.32 Å². The first-order chi connectivity index (χ1) is 11.0. The minimum absolute atomic E-state index is 0.141. The molecule has 6 heteroatoms. The standard InChI is InChI=1S/C17H18F2N2OS/c1-21(11-13-5-3-2-4-6-13)12-16(22)20-14-7-9-15(10-8-14)23-17(18)19/h2-10,17H,11-12H2,1H3,(H,20,22). The molecule has 1 amide bonds. The van der Waals surface area contributed by atoms with Crippen LogP contribution in [0.3, 0.4) is 0 Å². The number of carbonyl (C=O) groups excluding carboxylic acids is 1. The lowest BCUT2D eigenvalue weighted by atomic mass is 10.2. The summed E-state index contributed by atoms with van der Waals surface area (Å²) >= 11 is 0.484. The SMILES string of the molecule is CN(CC(=O)Nc1ccc(SC(F)F)cc1)Cc1ccccc1. The van der Waals surface area contributed by atoms with Gasteiger partial charge in [-0.2, -0.15) is 8.78 Å². The minimum atomic E-state index is -2.44. The van der Waals surface area contributed by atoms with Gasteiger partial charge in [-0.05, 0) is 36.9 Å². The van der Waals surface area contributed by atoms with E-state index in [-0.39, 0.29) is 12.5 Å². The van der Waals surface area contributed by atoms with Gasteiger partial charge in [-0.25, -0.2) is 0 Å². The highest BCUT2D eigenvalue weighted by Gasteiger charge is 2.09. The van der Waals surface area contributed by atoms with Crippen molar-refractivity contribution in [1.82, 2.24) is 4.90 Å². The molecule has 0 unspecified atom stereocenters. The van der Waals surface area contributed by atoms with E-state index in [0.717, 1.165) is 5.56 Å². The minimum Gasteiger partial charge on any atom is -0.325 e. The Balaban J connectivity index is 1.82. The molecule has 0 atom stereocenters. The summed E-state index contributed by atoms with van der Waals surface area (Å²) in [6.07, 6.45) is 0. The van der Waals surface area contributed by atoms with Crippen molar-refractivity contribution < 1.29 is 13.6 Å². The number of alkyl halides is 2. The van der Waals surface area contributed by atoms with E-state index in [9.17, 15) is 13.6 Å². The number of hydrogen-bond donors (Lipinski definition) is 1. The van der Waals surface area contributed by atoms with Gasteiger partial charge in [0.05, 0.1) is 6.54 Å². The van der Waals surface area contributed by atoms with Crippen molar-refractivity contribution >= 4 is 23.4 Å². The maximum atomic E-state index is 12.2.